The van der Waals surface area contributed by atoms with Crippen molar-refractivity contribution in [2.75, 3.05) is 0 Å². The summed E-state index contributed by atoms with van der Waals surface area (Å²) in [6.45, 7) is 16.6. The van der Waals surface area contributed by atoms with Gasteiger partial charge < -0.3 is 14.0 Å². The van der Waals surface area contributed by atoms with E-state index in [9.17, 15) is 0 Å². The summed E-state index contributed by atoms with van der Waals surface area (Å²) in [6.07, 6.45) is 0.134. The molecule has 5 aromatic carbocycles. The van der Waals surface area contributed by atoms with E-state index in [0.717, 1.165) is 38.8 Å². The number of rotatable bonds is 9. The molecule has 0 amide bonds. The zero-order valence-corrected chi connectivity index (χ0v) is 40.3. The van der Waals surface area contributed by atoms with Gasteiger partial charge in [0.05, 0.1) is 30.5 Å². The molecule has 62 heavy (non-hydrogen) atoms. The molecule has 0 atom stereocenters. The first-order chi connectivity index (χ1) is 31.3. The zero-order valence-electron chi connectivity index (χ0n) is 41.9. The molecule has 0 aliphatic carbocycles. The van der Waals surface area contributed by atoms with Crippen LogP contribution in [0.5, 0.6) is 0 Å². The van der Waals surface area contributed by atoms with E-state index < -0.39 is 21.3 Å². The standard InChI is InChI=1S/C36H30N3O.C19H26NSi.Ir/c1-22(2)29-20-25(24-12-6-5-7-13-24)21-30(23(3)4)33(29)39-32-18-9-8-17-31(32)38-35(39)28-15-10-14-26-27-16-11-19-37-36(27)40-34(26)28;1-14(2)12-17-13-18(21(4,5)6)15(3)20-19(17)16-10-8-7-9-11-16;/h5-14,16-23H,1-4H3;7-10,13-14H,12H2,1-6H3;/q2*-1;/i;3D3,12D2;. The average molecular weight is 1010 g/mol. The second-order valence-electron chi connectivity index (χ2n) is 17.6. The van der Waals surface area contributed by atoms with Gasteiger partial charge in [0.2, 0.25) is 5.71 Å². The number of benzene rings is 5. The molecule has 1 radical (unpaired) electrons. The maximum absolute atomic E-state index is 8.63. The number of furan rings is 1. The van der Waals surface area contributed by atoms with Crippen LogP contribution >= 0.6 is 0 Å². The van der Waals surface area contributed by atoms with Crippen molar-refractivity contribution < 1.29 is 31.4 Å². The SMILES string of the molecule is CC(C)c1cc(-c2ccccc2)cc(C(C)C)c1-n1c(-c2[c-]ccc3c2oc2ncccc23)nc2ccccc21.[2H]C([2H])([2H])c1nc(-c2[c-]cccc2)c(C([2H])([2H])C(C)C)cc1[Si](C)(C)C.[Ir]. The summed E-state index contributed by atoms with van der Waals surface area (Å²) in [5.74, 6) is 1.13. The number of hydrogen-bond acceptors (Lipinski definition) is 4. The third-order valence-electron chi connectivity index (χ3n) is 11.0. The predicted molar refractivity (Wildman–Crippen MR) is 259 cm³/mol. The molecule has 0 bridgehead atoms. The third kappa shape index (κ3) is 8.90. The Morgan fingerprint density at radius 2 is 1.45 bits per heavy atom. The summed E-state index contributed by atoms with van der Waals surface area (Å²) in [4.78, 5) is 14.2. The van der Waals surface area contributed by atoms with Gasteiger partial charge in [-0.1, -0.05) is 126 Å². The van der Waals surface area contributed by atoms with E-state index in [1.165, 1.54) is 27.9 Å². The molecule has 0 saturated carbocycles. The number of fused-ring (bicyclic) bond motifs is 4. The first-order valence-corrected chi connectivity index (χ1v) is 24.7. The summed E-state index contributed by atoms with van der Waals surface area (Å²) in [7, 11) is -2.06. The number of para-hydroxylation sites is 2. The first-order valence-electron chi connectivity index (χ1n) is 23.7. The summed E-state index contributed by atoms with van der Waals surface area (Å²) in [5.41, 5.74) is 12.0. The molecule has 0 N–H and O–H groups in total. The summed E-state index contributed by atoms with van der Waals surface area (Å²) < 4.78 is 49.8. The van der Waals surface area contributed by atoms with Crippen molar-refractivity contribution in [2.24, 2.45) is 5.92 Å². The molecular weight excluding hydrogens is 953 g/mol. The van der Waals surface area contributed by atoms with Crippen molar-refractivity contribution in [1.29, 1.82) is 0 Å². The smallest absolute Gasteiger partial charge is 0.216 e. The summed E-state index contributed by atoms with van der Waals surface area (Å²) >= 11 is 0. The van der Waals surface area contributed by atoms with Crippen LogP contribution in [0.3, 0.4) is 0 Å². The largest absolute Gasteiger partial charge is 0.486 e. The molecule has 9 rings (SSSR count). The quantitative estimate of drug-likeness (QED) is 0.107. The van der Waals surface area contributed by atoms with Crippen molar-refractivity contribution in [3.63, 3.8) is 0 Å². The minimum atomic E-state index is -2.35. The van der Waals surface area contributed by atoms with Crippen LogP contribution < -0.4 is 5.19 Å². The Morgan fingerprint density at radius 3 is 2.11 bits per heavy atom. The Hall–Kier alpha value is -5.46. The molecule has 0 fully saturated rings. The summed E-state index contributed by atoms with van der Waals surface area (Å²) in [5, 5.41) is 2.70. The fraction of sp³-hybridized carbons (Fsp3) is 0.255. The van der Waals surface area contributed by atoms with Crippen LogP contribution in [-0.2, 0) is 26.5 Å². The molecule has 9 aromatic rings. The van der Waals surface area contributed by atoms with Gasteiger partial charge in [0, 0.05) is 49.9 Å². The summed E-state index contributed by atoms with van der Waals surface area (Å²) in [6, 6.07) is 47.2. The van der Waals surface area contributed by atoms with Gasteiger partial charge in [-0.25, -0.2) is 4.98 Å². The van der Waals surface area contributed by atoms with E-state index >= 15 is 0 Å². The first kappa shape index (κ1) is 38.2. The molecule has 0 aliphatic heterocycles. The van der Waals surface area contributed by atoms with Gasteiger partial charge in [-0.3, -0.25) is 4.98 Å². The topological polar surface area (TPSA) is 56.7 Å². The van der Waals surface area contributed by atoms with Crippen LogP contribution in [0.25, 0.3) is 72.6 Å². The second kappa shape index (κ2) is 18.5. The van der Waals surface area contributed by atoms with Gasteiger partial charge in [-0.2, -0.15) is 0 Å². The minimum Gasteiger partial charge on any atom is -0.486 e. The van der Waals surface area contributed by atoms with Crippen molar-refractivity contribution in [1.82, 2.24) is 19.5 Å². The Bertz CT molecular complexity index is 3160. The number of hydrogen-bond donors (Lipinski definition) is 0. The fourth-order valence-corrected chi connectivity index (χ4v) is 9.37. The molecule has 4 aromatic heterocycles. The second-order valence-corrected chi connectivity index (χ2v) is 22.6. The molecule has 0 unspecified atom stereocenters. The maximum Gasteiger partial charge on any atom is 0.216 e. The van der Waals surface area contributed by atoms with Crippen molar-refractivity contribution in [3.8, 4) is 39.5 Å². The van der Waals surface area contributed by atoms with Gasteiger partial charge in [0.25, 0.3) is 0 Å². The molecule has 0 saturated heterocycles. The van der Waals surface area contributed by atoms with Crippen LogP contribution in [0.1, 0.15) is 82.6 Å². The van der Waals surface area contributed by atoms with Crippen molar-refractivity contribution >= 4 is 46.4 Å². The van der Waals surface area contributed by atoms with Crippen LogP contribution in [-0.4, -0.2) is 27.6 Å². The molecule has 5 nitrogen and oxygen atoms in total. The number of aromatic nitrogens is 4. The van der Waals surface area contributed by atoms with Gasteiger partial charge in [-0.05, 0) is 101 Å². The number of pyridine rings is 2. The Kier molecular flexibility index (Phi) is 11.4. The van der Waals surface area contributed by atoms with E-state index in [2.05, 4.69) is 141 Å². The number of nitrogens with zero attached hydrogens (tertiary/aromatic N) is 4. The van der Waals surface area contributed by atoms with E-state index in [-0.39, 0.29) is 31.7 Å². The van der Waals surface area contributed by atoms with Crippen LogP contribution in [0.15, 0.2) is 132 Å². The zero-order chi connectivity index (χ0) is 47.3. The fourth-order valence-electron chi connectivity index (χ4n) is 8.03. The van der Waals surface area contributed by atoms with Crippen LogP contribution in [0, 0.1) is 24.9 Å². The monoisotopic (exact) mass is 1010 g/mol. The minimum absolute atomic E-state index is 0. The van der Waals surface area contributed by atoms with Crippen molar-refractivity contribution in [2.45, 2.75) is 86.2 Å². The number of aryl methyl sites for hydroxylation is 1. The van der Waals surface area contributed by atoms with Gasteiger partial charge in [0.15, 0.2) is 0 Å². The molecule has 0 spiro atoms. The molecular formula is C55H56IrN4OSi-2. The van der Waals surface area contributed by atoms with Crippen LogP contribution in [0.4, 0.5) is 0 Å². The predicted octanol–water partition coefficient (Wildman–Crippen LogP) is 14.3. The Balaban J connectivity index is 0.000000216. The normalized spacial score (nSPS) is 13.4. The van der Waals surface area contributed by atoms with E-state index in [0.29, 0.717) is 39.6 Å². The van der Waals surface area contributed by atoms with Gasteiger partial charge >= 0.3 is 0 Å². The van der Waals surface area contributed by atoms with E-state index in [1.807, 2.05) is 50.2 Å². The van der Waals surface area contributed by atoms with Crippen molar-refractivity contribution in [3.05, 3.63) is 162 Å². The number of imidazole rings is 1. The van der Waals surface area contributed by atoms with Gasteiger partial charge in [-0.15, -0.1) is 54.1 Å². The van der Waals surface area contributed by atoms with Crippen LogP contribution in [0.2, 0.25) is 19.6 Å². The van der Waals surface area contributed by atoms with E-state index in [4.69, 9.17) is 16.3 Å². The molecule has 7 heteroatoms. The Morgan fingerprint density at radius 1 is 0.742 bits per heavy atom. The Labute approximate surface area is 389 Å². The van der Waals surface area contributed by atoms with E-state index in [1.54, 1.807) is 24.4 Å². The molecule has 317 valence electrons. The third-order valence-corrected chi connectivity index (χ3v) is 13.0. The average Bonchev–Trinajstić information content (AvgIpc) is 3.87. The maximum atomic E-state index is 8.63. The molecule has 0 aliphatic rings. The van der Waals surface area contributed by atoms with Gasteiger partial charge in [0.1, 0.15) is 0 Å². The molecule has 4 heterocycles.